The van der Waals surface area contributed by atoms with Crippen molar-refractivity contribution in [1.82, 2.24) is 19.9 Å². The molecule has 1 saturated heterocycles. The number of phenolic OH excluding ortho intramolecular Hbond substituents is 2. The molecule has 34 heavy (non-hydrogen) atoms. The predicted octanol–water partition coefficient (Wildman–Crippen LogP) is 3.00. The Morgan fingerprint density at radius 1 is 1.00 bits per heavy atom. The summed E-state index contributed by atoms with van der Waals surface area (Å²) in [6, 6.07) is 10.4. The van der Waals surface area contributed by atoms with Crippen molar-refractivity contribution < 1.29 is 15.0 Å². The Kier molecular flexibility index (Phi) is 5.54. The monoisotopic (exact) mass is 477 g/mol. The average Bonchev–Trinajstić information content (AvgIpc) is 3.17. The van der Waals surface area contributed by atoms with Gasteiger partial charge < -0.3 is 35.6 Å². The lowest BCUT2D eigenvalue weighted by molar-refractivity contribution is -0.114. The maximum atomic E-state index is 11.2. The van der Waals surface area contributed by atoms with Gasteiger partial charge in [0, 0.05) is 55.9 Å². The maximum absolute atomic E-state index is 11.2. The smallest absolute Gasteiger partial charge is 0.221 e. The summed E-state index contributed by atoms with van der Waals surface area (Å²) in [5.41, 5.74) is 2.91. The molecule has 4 aromatic rings. The van der Waals surface area contributed by atoms with Crippen LogP contribution in [0.1, 0.15) is 6.92 Å². The van der Waals surface area contributed by atoms with Crippen molar-refractivity contribution in [2.45, 2.75) is 6.92 Å². The number of amides is 1. The number of hydrogen-bond donors (Lipinski definition) is 5. The van der Waals surface area contributed by atoms with Gasteiger partial charge in [-0.3, -0.25) is 4.79 Å². The van der Waals surface area contributed by atoms with E-state index in [1.165, 1.54) is 25.4 Å². The number of hydrogen-bond acceptors (Lipinski definition) is 7. The number of aromatic hydroxyl groups is 2. The molecule has 2 aromatic carbocycles. The standard InChI is InChI=1S/C23H23N7O3S/c1-13(31)26-14-2-4-15(5-3-14)27-23(34)30-8-6-29(7-9-30)22-20-16-10-18(32)19(33)11-17(16)28-21(20)24-12-25-22/h2-5,10-12,32-33H,6-9H2,1H3,(H,26,31)(H,27,34)(H,24,25,28). The highest BCUT2D eigenvalue weighted by Gasteiger charge is 2.23. The van der Waals surface area contributed by atoms with Crippen LogP contribution < -0.4 is 15.5 Å². The SMILES string of the molecule is CC(=O)Nc1ccc(NC(=S)N2CCN(c3ncnc4[nH]c5cc(O)c(O)cc5c34)CC2)cc1. The van der Waals surface area contributed by atoms with Gasteiger partial charge in [-0.25, -0.2) is 9.97 Å². The lowest BCUT2D eigenvalue weighted by Gasteiger charge is -2.37. The van der Waals surface area contributed by atoms with Gasteiger partial charge in [-0.1, -0.05) is 0 Å². The van der Waals surface area contributed by atoms with Crippen molar-refractivity contribution in [2.24, 2.45) is 0 Å². The van der Waals surface area contributed by atoms with Gasteiger partial charge in [0.25, 0.3) is 0 Å². The highest BCUT2D eigenvalue weighted by molar-refractivity contribution is 7.80. The Labute approximate surface area is 200 Å². The summed E-state index contributed by atoms with van der Waals surface area (Å²) < 4.78 is 0. The van der Waals surface area contributed by atoms with Crippen molar-refractivity contribution in [3.63, 3.8) is 0 Å². The van der Waals surface area contributed by atoms with Crippen molar-refractivity contribution in [2.75, 3.05) is 41.7 Å². The second kappa shape index (κ2) is 8.67. The molecule has 1 fully saturated rings. The molecule has 1 aliphatic heterocycles. The Hall–Kier alpha value is -4.12. The fourth-order valence-corrected chi connectivity index (χ4v) is 4.44. The lowest BCUT2D eigenvalue weighted by Crippen LogP contribution is -2.50. The molecular formula is C23H23N7O3S. The molecular weight excluding hydrogens is 454 g/mol. The van der Waals surface area contributed by atoms with Crippen molar-refractivity contribution >= 4 is 62.4 Å². The van der Waals surface area contributed by atoms with Crippen LogP contribution in [0, 0.1) is 0 Å². The van der Waals surface area contributed by atoms with Crippen LogP contribution >= 0.6 is 12.2 Å². The number of nitrogens with zero attached hydrogens (tertiary/aromatic N) is 4. The molecule has 0 bridgehead atoms. The number of rotatable bonds is 3. The van der Waals surface area contributed by atoms with E-state index in [9.17, 15) is 15.0 Å². The quantitative estimate of drug-likeness (QED) is 0.223. The second-order valence-corrected chi connectivity index (χ2v) is 8.48. The zero-order chi connectivity index (χ0) is 23.8. The summed E-state index contributed by atoms with van der Waals surface area (Å²) in [5, 5.41) is 28.0. The Bertz CT molecular complexity index is 1400. The number of carbonyl (C=O) groups is 1. The van der Waals surface area contributed by atoms with Crippen LogP contribution in [-0.2, 0) is 4.79 Å². The van der Waals surface area contributed by atoms with Gasteiger partial charge in [0.1, 0.15) is 17.8 Å². The first-order valence-corrected chi connectivity index (χ1v) is 11.2. The Morgan fingerprint density at radius 2 is 1.65 bits per heavy atom. The zero-order valence-corrected chi connectivity index (χ0v) is 19.2. The van der Waals surface area contributed by atoms with E-state index in [4.69, 9.17) is 12.2 Å². The normalized spacial score (nSPS) is 13.9. The van der Waals surface area contributed by atoms with Crippen LogP contribution in [0.25, 0.3) is 21.9 Å². The molecule has 0 radical (unpaired) electrons. The number of H-pyrrole nitrogens is 1. The minimum atomic E-state index is -0.187. The van der Waals surface area contributed by atoms with Crippen LogP contribution in [0.3, 0.4) is 0 Å². The first-order valence-electron chi connectivity index (χ1n) is 10.8. The number of aromatic nitrogens is 3. The number of piperazine rings is 1. The Morgan fingerprint density at radius 3 is 2.32 bits per heavy atom. The number of phenols is 2. The third kappa shape index (κ3) is 4.13. The lowest BCUT2D eigenvalue weighted by atomic mass is 10.1. The highest BCUT2D eigenvalue weighted by atomic mass is 32.1. The Balaban J connectivity index is 1.29. The largest absolute Gasteiger partial charge is 0.504 e. The molecule has 5 rings (SSSR count). The van der Waals surface area contributed by atoms with Gasteiger partial charge in [-0.15, -0.1) is 0 Å². The highest BCUT2D eigenvalue weighted by Crippen LogP contribution is 2.37. The van der Waals surface area contributed by atoms with E-state index in [-0.39, 0.29) is 17.4 Å². The van der Waals surface area contributed by atoms with E-state index in [0.717, 1.165) is 28.0 Å². The molecule has 2 aromatic heterocycles. The zero-order valence-electron chi connectivity index (χ0n) is 18.4. The van der Waals surface area contributed by atoms with Gasteiger partial charge in [-0.2, -0.15) is 0 Å². The predicted molar refractivity (Wildman–Crippen MR) is 135 cm³/mol. The number of carbonyl (C=O) groups excluding carboxylic acids is 1. The topological polar surface area (TPSA) is 130 Å². The minimum absolute atomic E-state index is 0.113. The van der Waals surface area contributed by atoms with Gasteiger partial charge >= 0.3 is 0 Å². The number of nitrogens with one attached hydrogen (secondary N) is 3. The van der Waals surface area contributed by atoms with Crippen LogP contribution in [0.2, 0.25) is 0 Å². The number of anilines is 3. The van der Waals surface area contributed by atoms with Gasteiger partial charge in [0.2, 0.25) is 5.91 Å². The summed E-state index contributed by atoms with van der Waals surface area (Å²) in [5.74, 6) is 0.286. The second-order valence-electron chi connectivity index (χ2n) is 8.10. The first kappa shape index (κ1) is 21.7. The first-order chi connectivity index (χ1) is 16.4. The maximum Gasteiger partial charge on any atom is 0.221 e. The molecule has 174 valence electrons. The molecule has 0 aliphatic carbocycles. The molecule has 1 aliphatic rings. The molecule has 3 heterocycles. The third-order valence-corrected chi connectivity index (χ3v) is 6.15. The molecule has 11 heteroatoms. The van der Waals surface area contributed by atoms with Crippen molar-refractivity contribution in [3.05, 3.63) is 42.7 Å². The van der Waals surface area contributed by atoms with Crippen LogP contribution in [0.4, 0.5) is 17.2 Å². The fourth-order valence-electron chi connectivity index (χ4n) is 4.14. The van der Waals surface area contributed by atoms with E-state index in [2.05, 4.69) is 35.4 Å². The number of fused-ring (bicyclic) bond motifs is 3. The summed E-state index contributed by atoms with van der Waals surface area (Å²) in [6.45, 7) is 4.28. The fraction of sp³-hybridized carbons (Fsp3) is 0.217. The van der Waals surface area contributed by atoms with Crippen LogP contribution in [0.15, 0.2) is 42.7 Å². The summed E-state index contributed by atoms with van der Waals surface area (Å²) in [7, 11) is 0. The number of aromatic amines is 1. The summed E-state index contributed by atoms with van der Waals surface area (Å²) in [4.78, 5) is 27.5. The van der Waals surface area contributed by atoms with Gasteiger partial charge in [0.15, 0.2) is 16.6 Å². The van der Waals surface area contributed by atoms with E-state index < -0.39 is 0 Å². The molecule has 1 amide bonds. The number of thiocarbonyl (C=S) groups is 1. The van der Waals surface area contributed by atoms with Crippen molar-refractivity contribution in [1.29, 1.82) is 0 Å². The van der Waals surface area contributed by atoms with E-state index in [1.54, 1.807) is 0 Å². The number of benzene rings is 2. The summed E-state index contributed by atoms with van der Waals surface area (Å²) in [6.07, 6.45) is 1.51. The molecule has 0 atom stereocenters. The molecule has 5 N–H and O–H groups in total. The third-order valence-electron chi connectivity index (χ3n) is 5.79. The van der Waals surface area contributed by atoms with Crippen LogP contribution in [0.5, 0.6) is 11.5 Å². The van der Waals surface area contributed by atoms with E-state index >= 15 is 0 Å². The van der Waals surface area contributed by atoms with Gasteiger partial charge in [0.05, 0.1) is 10.9 Å². The van der Waals surface area contributed by atoms with E-state index in [1.807, 2.05) is 24.3 Å². The minimum Gasteiger partial charge on any atom is -0.504 e. The average molecular weight is 478 g/mol. The molecule has 10 nitrogen and oxygen atoms in total. The van der Waals surface area contributed by atoms with Crippen LogP contribution in [-0.4, -0.2) is 67.3 Å². The molecule has 0 unspecified atom stereocenters. The van der Waals surface area contributed by atoms with Crippen molar-refractivity contribution in [3.8, 4) is 11.5 Å². The molecule has 0 saturated carbocycles. The van der Waals surface area contributed by atoms with Gasteiger partial charge in [-0.05, 0) is 42.5 Å². The van der Waals surface area contributed by atoms with E-state index in [0.29, 0.717) is 42.5 Å². The molecule has 0 spiro atoms. The summed E-state index contributed by atoms with van der Waals surface area (Å²) >= 11 is 5.61.